The van der Waals surface area contributed by atoms with E-state index in [2.05, 4.69) is 35.4 Å². The van der Waals surface area contributed by atoms with Crippen LogP contribution in [-0.4, -0.2) is 42.5 Å². The molecule has 1 unspecified atom stereocenters. The molecule has 156 valence electrons. The lowest BCUT2D eigenvalue weighted by Gasteiger charge is -2.25. The van der Waals surface area contributed by atoms with Crippen LogP contribution in [-0.2, 0) is 4.79 Å². The number of amides is 1. The number of aromatic nitrogens is 1. The molecule has 2 aromatic carbocycles. The molecule has 0 bridgehead atoms. The third kappa shape index (κ3) is 6.12. The average Bonchev–Trinajstić information content (AvgIpc) is 2.77. The molecular formula is C24H26FN3O2. The summed E-state index contributed by atoms with van der Waals surface area (Å²) in [7, 11) is 1.92. The van der Waals surface area contributed by atoms with Crippen LogP contribution in [0.2, 0.25) is 0 Å². The molecule has 0 aliphatic carbocycles. The standard InChI is InChI=1S/C24H26FN3O2/c1-18(20-5-3-6-21(15-20)19-9-11-26-12-10-19)28(2)17-24(29)27-13-14-30-23-8-4-7-22(25)16-23/h3-12,15-16,18H,13-14,17H2,1-2H3,(H,27,29). The summed E-state index contributed by atoms with van der Waals surface area (Å²) in [5.74, 6) is 0.0155. The van der Waals surface area contributed by atoms with Gasteiger partial charge in [-0.3, -0.25) is 14.7 Å². The molecule has 5 nitrogen and oxygen atoms in total. The Bertz CT molecular complexity index is 965. The van der Waals surface area contributed by atoms with Crippen LogP contribution in [0.4, 0.5) is 4.39 Å². The number of rotatable bonds is 9. The van der Waals surface area contributed by atoms with Crippen molar-refractivity contribution >= 4 is 5.91 Å². The smallest absolute Gasteiger partial charge is 0.234 e. The van der Waals surface area contributed by atoms with E-state index in [0.717, 1.165) is 16.7 Å². The number of nitrogens with zero attached hydrogens (tertiary/aromatic N) is 2. The molecule has 1 N–H and O–H groups in total. The number of hydrogen-bond acceptors (Lipinski definition) is 4. The van der Waals surface area contributed by atoms with E-state index in [4.69, 9.17) is 4.74 Å². The Labute approximate surface area is 176 Å². The van der Waals surface area contributed by atoms with E-state index in [1.54, 1.807) is 24.5 Å². The van der Waals surface area contributed by atoms with E-state index in [1.165, 1.54) is 12.1 Å². The summed E-state index contributed by atoms with van der Waals surface area (Å²) in [5, 5.41) is 2.84. The molecule has 3 rings (SSSR count). The number of benzene rings is 2. The molecule has 0 aliphatic rings. The summed E-state index contributed by atoms with van der Waals surface area (Å²) < 4.78 is 18.6. The van der Waals surface area contributed by atoms with Gasteiger partial charge in [-0.15, -0.1) is 0 Å². The number of halogens is 1. The molecule has 0 spiro atoms. The monoisotopic (exact) mass is 407 g/mol. The van der Waals surface area contributed by atoms with Crippen LogP contribution < -0.4 is 10.1 Å². The fourth-order valence-corrected chi connectivity index (χ4v) is 3.11. The first-order valence-electron chi connectivity index (χ1n) is 9.88. The molecule has 1 atom stereocenters. The van der Waals surface area contributed by atoms with Gasteiger partial charge in [0.25, 0.3) is 0 Å². The van der Waals surface area contributed by atoms with Gasteiger partial charge in [-0.1, -0.05) is 24.3 Å². The summed E-state index contributed by atoms with van der Waals surface area (Å²) in [5.41, 5.74) is 3.36. The molecule has 6 heteroatoms. The van der Waals surface area contributed by atoms with Crippen LogP contribution in [0.5, 0.6) is 5.75 Å². The van der Waals surface area contributed by atoms with Gasteiger partial charge in [0.15, 0.2) is 0 Å². The number of likely N-dealkylation sites (N-methyl/N-ethyl adjacent to an activating group) is 1. The minimum atomic E-state index is -0.347. The largest absolute Gasteiger partial charge is 0.492 e. The van der Waals surface area contributed by atoms with Gasteiger partial charge in [-0.25, -0.2) is 4.39 Å². The van der Waals surface area contributed by atoms with Crippen molar-refractivity contribution in [1.29, 1.82) is 0 Å². The zero-order chi connectivity index (χ0) is 21.3. The second-order valence-electron chi connectivity index (χ2n) is 7.11. The predicted molar refractivity (Wildman–Crippen MR) is 116 cm³/mol. The number of ether oxygens (including phenoxy) is 1. The Morgan fingerprint density at radius 1 is 1.10 bits per heavy atom. The highest BCUT2D eigenvalue weighted by Crippen LogP contribution is 2.25. The number of hydrogen-bond donors (Lipinski definition) is 1. The predicted octanol–water partition coefficient (Wildman–Crippen LogP) is 4.08. The zero-order valence-corrected chi connectivity index (χ0v) is 17.2. The Morgan fingerprint density at radius 3 is 2.63 bits per heavy atom. The third-order valence-corrected chi connectivity index (χ3v) is 4.93. The summed E-state index contributed by atoms with van der Waals surface area (Å²) in [6, 6.07) is 18.3. The number of carbonyl (C=O) groups is 1. The van der Waals surface area contributed by atoms with Crippen LogP contribution in [0.15, 0.2) is 73.1 Å². The van der Waals surface area contributed by atoms with Gasteiger partial charge < -0.3 is 10.1 Å². The SMILES string of the molecule is CC(c1cccc(-c2ccncc2)c1)N(C)CC(=O)NCCOc1cccc(F)c1. The fourth-order valence-electron chi connectivity index (χ4n) is 3.11. The highest BCUT2D eigenvalue weighted by molar-refractivity contribution is 5.78. The van der Waals surface area contributed by atoms with Crippen molar-refractivity contribution < 1.29 is 13.9 Å². The maximum Gasteiger partial charge on any atom is 0.234 e. The van der Waals surface area contributed by atoms with E-state index < -0.39 is 0 Å². The molecule has 0 radical (unpaired) electrons. The van der Waals surface area contributed by atoms with E-state index in [0.29, 0.717) is 12.3 Å². The van der Waals surface area contributed by atoms with Crippen LogP contribution in [0, 0.1) is 5.82 Å². The first kappa shape index (κ1) is 21.5. The quantitative estimate of drug-likeness (QED) is 0.543. The number of pyridine rings is 1. The van der Waals surface area contributed by atoms with Gasteiger partial charge in [0.2, 0.25) is 5.91 Å². The van der Waals surface area contributed by atoms with Crippen molar-refractivity contribution in [1.82, 2.24) is 15.2 Å². The Hall–Kier alpha value is -3.25. The molecule has 0 saturated heterocycles. The number of carbonyl (C=O) groups excluding carboxylic acids is 1. The first-order valence-corrected chi connectivity index (χ1v) is 9.88. The van der Waals surface area contributed by atoms with Gasteiger partial charge in [0.05, 0.1) is 13.1 Å². The molecule has 1 aromatic heterocycles. The average molecular weight is 407 g/mol. The highest BCUT2D eigenvalue weighted by Gasteiger charge is 2.15. The molecule has 1 heterocycles. The molecular weight excluding hydrogens is 381 g/mol. The molecule has 0 aliphatic heterocycles. The van der Waals surface area contributed by atoms with Crippen molar-refractivity contribution in [3.05, 3.63) is 84.4 Å². The Kier molecular flexibility index (Phi) is 7.51. The van der Waals surface area contributed by atoms with Gasteiger partial charge in [-0.2, -0.15) is 0 Å². The minimum Gasteiger partial charge on any atom is -0.492 e. The first-order chi connectivity index (χ1) is 14.5. The van der Waals surface area contributed by atoms with E-state index in [9.17, 15) is 9.18 Å². The second-order valence-corrected chi connectivity index (χ2v) is 7.11. The second kappa shape index (κ2) is 10.5. The van der Waals surface area contributed by atoms with Crippen molar-refractivity contribution in [3.8, 4) is 16.9 Å². The topological polar surface area (TPSA) is 54.5 Å². The van der Waals surface area contributed by atoms with Gasteiger partial charge in [0.1, 0.15) is 18.2 Å². The lowest BCUT2D eigenvalue weighted by Crippen LogP contribution is -2.38. The normalized spacial score (nSPS) is 11.9. The van der Waals surface area contributed by atoms with Crippen molar-refractivity contribution in [3.63, 3.8) is 0 Å². The van der Waals surface area contributed by atoms with Gasteiger partial charge in [-0.05, 0) is 61.0 Å². The summed E-state index contributed by atoms with van der Waals surface area (Å²) in [4.78, 5) is 18.3. The van der Waals surface area contributed by atoms with E-state index in [-0.39, 0.29) is 30.9 Å². The molecule has 0 fully saturated rings. The van der Waals surface area contributed by atoms with Gasteiger partial charge >= 0.3 is 0 Å². The van der Waals surface area contributed by atoms with Crippen LogP contribution in [0.3, 0.4) is 0 Å². The molecule has 0 saturated carbocycles. The molecule has 1 amide bonds. The van der Waals surface area contributed by atoms with Gasteiger partial charge in [0, 0.05) is 24.5 Å². The Morgan fingerprint density at radius 2 is 1.87 bits per heavy atom. The molecule has 30 heavy (non-hydrogen) atoms. The minimum absolute atomic E-state index is 0.0704. The maximum atomic E-state index is 13.1. The van der Waals surface area contributed by atoms with Crippen LogP contribution in [0.25, 0.3) is 11.1 Å². The lowest BCUT2D eigenvalue weighted by molar-refractivity contribution is -0.122. The van der Waals surface area contributed by atoms with Crippen LogP contribution in [0.1, 0.15) is 18.5 Å². The summed E-state index contributed by atoms with van der Waals surface area (Å²) >= 11 is 0. The molecule has 3 aromatic rings. The summed E-state index contributed by atoms with van der Waals surface area (Å²) in [6.45, 7) is 2.98. The zero-order valence-electron chi connectivity index (χ0n) is 17.2. The summed E-state index contributed by atoms with van der Waals surface area (Å²) in [6.07, 6.45) is 3.56. The van der Waals surface area contributed by atoms with Crippen molar-refractivity contribution in [2.45, 2.75) is 13.0 Å². The Balaban J connectivity index is 1.48. The van der Waals surface area contributed by atoms with Crippen molar-refractivity contribution in [2.24, 2.45) is 0 Å². The van der Waals surface area contributed by atoms with E-state index in [1.807, 2.05) is 30.1 Å². The maximum absolute atomic E-state index is 13.1. The lowest BCUT2D eigenvalue weighted by atomic mass is 10.0. The number of nitrogens with one attached hydrogen (secondary N) is 1. The third-order valence-electron chi connectivity index (χ3n) is 4.93. The highest BCUT2D eigenvalue weighted by atomic mass is 19.1. The van der Waals surface area contributed by atoms with E-state index >= 15 is 0 Å². The van der Waals surface area contributed by atoms with Crippen molar-refractivity contribution in [2.75, 3.05) is 26.7 Å². The van der Waals surface area contributed by atoms with Crippen LogP contribution >= 0.6 is 0 Å². The fraction of sp³-hybridized carbons (Fsp3) is 0.250.